The molecule has 6 heteroatoms. The first kappa shape index (κ1) is 11.7. The number of nitrogens with zero attached hydrogens (tertiary/aromatic N) is 2. The molecule has 3 N–H and O–H groups in total. The van der Waals surface area contributed by atoms with Gasteiger partial charge in [0.05, 0.1) is 7.11 Å². The number of nitrogen functional groups attached to an aromatic ring is 1. The fourth-order valence-electron chi connectivity index (χ4n) is 1.48. The van der Waals surface area contributed by atoms with Gasteiger partial charge in [0.2, 0.25) is 5.13 Å². The first-order chi connectivity index (χ1) is 8.19. The number of benzene rings is 1. The second-order valence-electron chi connectivity index (χ2n) is 3.55. The summed E-state index contributed by atoms with van der Waals surface area (Å²) in [6.07, 6.45) is 0. The maximum Gasteiger partial charge on any atom is 0.205 e. The lowest BCUT2D eigenvalue weighted by molar-refractivity contribution is 0.410. The second-order valence-corrected chi connectivity index (χ2v) is 4.73. The Morgan fingerprint density at radius 1 is 1.41 bits per heavy atom. The van der Waals surface area contributed by atoms with Crippen molar-refractivity contribution in [3.8, 4) is 5.75 Å². The Morgan fingerprint density at radius 3 is 2.88 bits per heavy atom. The number of hydrogen-bond donors (Lipinski definition) is 2. The Balaban J connectivity index is 2.10. The zero-order valence-corrected chi connectivity index (χ0v) is 10.5. The number of anilines is 2. The van der Waals surface area contributed by atoms with Gasteiger partial charge in [0.25, 0.3) is 0 Å². The summed E-state index contributed by atoms with van der Waals surface area (Å²) < 4.78 is 5.27. The molecule has 90 valence electrons. The van der Waals surface area contributed by atoms with Crippen LogP contribution in [0.3, 0.4) is 0 Å². The topological polar surface area (TPSA) is 73.1 Å². The van der Waals surface area contributed by atoms with Crippen LogP contribution in [0.4, 0.5) is 10.8 Å². The van der Waals surface area contributed by atoms with Crippen molar-refractivity contribution in [2.24, 2.45) is 0 Å². The van der Waals surface area contributed by atoms with Gasteiger partial charge < -0.3 is 15.8 Å². The molecule has 5 nitrogen and oxygen atoms in total. The zero-order valence-electron chi connectivity index (χ0n) is 9.73. The molecule has 0 saturated carbocycles. The molecule has 0 unspecified atom stereocenters. The summed E-state index contributed by atoms with van der Waals surface area (Å²) >= 11 is 1.52. The quantitative estimate of drug-likeness (QED) is 0.812. The molecule has 0 saturated heterocycles. The lowest BCUT2D eigenvalue weighted by Crippen LogP contribution is -2.02. The van der Waals surface area contributed by atoms with E-state index in [2.05, 4.69) is 15.5 Å². The van der Waals surface area contributed by atoms with E-state index >= 15 is 0 Å². The van der Waals surface area contributed by atoms with Gasteiger partial charge in [-0.3, -0.25) is 0 Å². The number of nitrogens with two attached hydrogens (primary N) is 1. The highest BCUT2D eigenvalue weighted by atomic mass is 32.1. The van der Waals surface area contributed by atoms with Gasteiger partial charge >= 0.3 is 0 Å². The molecule has 1 heterocycles. The molecule has 0 bridgehead atoms. The van der Waals surface area contributed by atoms with E-state index in [0.29, 0.717) is 6.54 Å². The highest BCUT2D eigenvalue weighted by molar-refractivity contribution is 7.15. The molecule has 1 aromatic carbocycles. The molecule has 0 atom stereocenters. The monoisotopic (exact) mass is 250 g/mol. The Hall–Kier alpha value is -1.82. The minimum absolute atomic E-state index is 0.614. The second kappa shape index (κ2) is 5.01. The number of hydrogen-bond acceptors (Lipinski definition) is 6. The van der Waals surface area contributed by atoms with Crippen LogP contribution in [0.5, 0.6) is 5.75 Å². The summed E-state index contributed by atoms with van der Waals surface area (Å²) in [5, 5.41) is 12.9. The summed E-state index contributed by atoms with van der Waals surface area (Å²) in [6, 6.07) is 5.56. The third-order valence-corrected chi connectivity index (χ3v) is 3.06. The Kier molecular flexibility index (Phi) is 3.43. The van der Waals surface area contributed by atoms with Gasteiger partial charge in [-0.25, -0.2) is 0 Å². The third kappa shape index (κ3) is 2.85. The van der Waals surface area contributed by atoms with Crippen molar-refractivity contribution in [2.45, 2.75) is 13.5 Å². The highest BCUT2D eigenvalue weighted by Gasteiger charge is 2.05. The van der Waals surface area contributed by atoms with Crippen molar-refractivity contribution in [1.29, 1.82) is 0 Å². The molecule has 0 spiro atoms. The molecule has 1 aromatic heterocycles. The summed E-state index contributed by atoms with van der Waals surface area (Å²) in [5.74, 6) is 0.813. The maximum atomic E-state index is 5.75. The summed E-state index contributed by atoms with van der Waals surface area (Å²) in [4.78, 5) is 0. The highest BCUT2D eigenvalue weighted by Crippen LogP contribution is 2.23. The van der Waals surface area contributed by atoms with Crippen LogP contribution in [0.1, 0.15) is 10.6 Å². The minimum atomic E-state index is 0.614. The van der Waals surface area contributed by atoms with E-state index in [1.54, 1.807) is 7.11 Å². The van der Waals surface area contributed by atoms with E-state index in [-0.39, 0.29) is 0 Å². The average molecular weight is 250 g/mol. The first-order valence-corrected chi connectivity index (χ1v) is 5.97. The van der Waals surface area contributed by atoms with Crippen molar-refractivity contribution in [3.05, 3.63) is 28.8 Å². The van der Waals surface area contributed by atoms with Gasteiger partial charge in [-0.05, 0) is 25.1 Å². The Morgan fingerprint density at radius 2 is 2.24 bits per heavy atom. The molecular weight excluding hydrogens is 236 g/mol. The zero-order chi connectivity index (χ0) is 12.3. The van der Waals surface area contributed by atoms with Crippen molar-refractivity contribution in [3.63, 3.8) is 0 Å². The number of ether oxygens (including phenoxy) is 1. The predicted molar refractivity (Wildman–Crippen MR) is 69.4 cm³/mol. The number of rotatable bonds is 4. The molecule has 0 aliphatic carbocycles. The SMILES string of the molecule is COc1ccc(N)cc1CNc1nnc(C)s1. The molecule has 2 rings (SSSR count). The van der Waals surface area contributed by atoms with Crippen molar-refractivity contribution < 1.29 is 4.74 Å². The lowest BCUT2D eigenvalue weighted by Gasteiger charge is -2.09. The van der Waals surface area contributed by atoms with E-state index in [1.807, 2.05) is 25.1 Å². The van der Waals surface area contributed by atoms with Crippen LogP contribution in [-0.4, -0.2) is 17.3 Å². The van der Waals surface area contributed by atoms with Crippen LogP contribution in [-0.2, 0) is 6.54 Å². The van der Waals surface area contributed by atoms with Crippen LogP contribution in [0, 0.1) is 6.92 Å². The van der Waals surface area contributed by atoms with Crippen LogP contribution in [0.2, 0.25) is 0 Å². The Labute approximate surface area is 104 Å². The van der Waals surface area contributed by atoms with E-state index < -0.39 is 0 Å². The van der Waals surface area contributed by atoms with E-state index in [9.17, 15) is 0 Å². The normalized spacial score (nSPS) is 10.2. The van der Waals surface area contributed by atoms with Crippen molar-refractivity contribution in [2.75, 3.05) is 18.2 Å². The van der Waals surface area contributed by atoms with Gasteiger partial charge in [0, 0.05) is 17.8 Å². The van der Waals surface area contributed by atoms with E-state index in [4.69, 9.17) is 10.5 Å². The Bertz CT molecular complexity index is 512. The molecule has 0 radical (unpaired) electrons. The van der Waals surface area contributed by atoms with Crippen LogP contribution in [0.25, 0.3) is 0 Å². The van der Waals surface area contributed by atoms with Gasteiger partial charge in [0.1, 0.15) is 10.8 Å². The average Bonchev–Trinajstić information content (AvgIpc) is 2.73. The van der Waals surface area contributed by atoms with Gasteiger partial charge in [0.15, 0.2) is 0 Å². The van der Waals surface area contributed by atoms with Gasteiger partial charge in [-0.2, -0.15) is 0 Å². The molecule has 0 aliphatic heterocycles. The smallest absolute Gasteiger partial charge is 0.205 e. The number of aryl methyl sites for hydroxylation is 1. The maximum absolute atomic E-state index is 5.75. The summed E-state index contributed by atoms with van der Waals surface area (Å²) in [7, 11) is 1.64. The molecule has 17 heavy (non-hydrogen) atoms. The fourth-order valence-corrected chi connectivity index (χ4v) is 2.06. The van der Waals surface area contributed by atoms with Crippen molar-refractivity contribution >= 4 is 22.2 Å². The van der Waals surface area contributed by atoms with E-state index in [1.165, 1.54) is 11.3 Å². The first-order valence-electron chi connectivity index (χ1n) is 5.15. The number of aromatic nitrogens is 2. The fraction of sp³-hybridized carbons (Fsp3) is 0.273. The van der Waals surface area contributed by atoms with Crippen molar-refractivity contribution in [1.82, 2.24) is 10.2 Å². The largest absolute Gasteiger partial charge is 0.496 e. The molecular formula is C11H14N4OS. The number of methoxy groups -OCH3 is 1. The lowest BCUT2D eigenvalue weighted by atomic mass is 10.2. The van der Waals surface area contributed by atoms with E-state index in [0.717, 1.165) is 27.1 Å². The summed E-state index contributed by atoms with van der Waals surface area (Å²) in [6.45, 7) is 2.53. The summed E-state index contributed by atoms with van der Waals surface area (Å²) in [5.41, 5.74) is 7.47. The number of nitrogens with one attached hydrogen (secondary N) is 1. The minimum Gasteiger partial charge on any atom is -0.496 e. The van der Waals surface area contributed by atoms with Crippen LogP contribution < -0.4 is 15.8 Å². The molecule has 0 fully saturated rings. The standard InChI is InChI=1S/C11H14N4OS/c1-7-14-15-11(17-7)13-6-8-5-9(12)3-4-10(8)16-2/h3-5H,6,12H2,1-2H3,(H,13,15). The van der Waals surface area contributed by atoms with Crippen LogP contribution >= 0.6 is 11.3 Å². The van der Waals surface area contributed by atoms with Crippen LogP contribution in [0.15, 0.2) is 18.2 Å². The predicted octanol–water partition coefficient (Wildman–Crippen LogP) is 2.05. The molecule has 2 aromatic rings. The molecule has 0 amide bonds. The molecule has 0 aliphatic rings. The van der Waals surface area contributed by atoms with Gasteiger partial charge in [-0.1, -0.05) is 11.3 Å². The van der Waals surface area contributed by atoms with Gasteiger partial charge in [-0.15, -0.1) is 10.2 Å². The third-order valence-electron chi connectivity index (χ3n) is 2.26.